The minimum Gasteiger partial charge on any atom is -0.338 e. The molecule has 1 aromatic heterocycles. The average Bonchev–Trinajstić information content (AvgIpc) is 2.81. The molecule has 0 aliphatic carbocycles. The number of carbonyl (C=O) groups excluding carboxylic acids is 1. The highest BCUT2D eigenvalue weighted by Crippen LogP contribution is 2.18. The predicted octanol–water partition coefficient (Wildman–Crippen LogP) is 0.895. The van der Waals surface area contributed by atoms with E-state index in [0.29, 0.717) is 12.5 Å². The number of piperidine rings is 1. The van der Waals surface area contributed by atoms with E-state index in [2.05, 4.69) is 29.2 Å². The molecule has 1 aliphatic rings. The zero-order valence-electron chi connectivity index (χ0n) is 11.2. The summed E-state index contributed by atoms with van der Waals surface area (Å²) < 4.78 is 0. The van der Waals surface area contributed by atoms with Gasteiger partial charge >= 0.3 is 0 Å². The third-order valence-electron chi connectivity index (χ3n) is 3.42. The highest BCUT2D eigenvalue weighted by molar-refractivity contribution is 5.78. The number of rotatable bonds is 4. The molecule has 0 spiro atoms. The molecule has 2 rings (SSSR count). The molecule has 1 aromatic rings. The van der Waals surface area contributed by atoms with Crippen LogP contribution >= 0.6 is 0 Å². The molecule has 0 aromatic carbocycles. The van der Waals surface area contributed by atoms with Crippen LogP contribution in [0.25, 0.3) is 0 Å². The van der Waals surface area contributed by atoms with Gasteiger partial charge in [0.2, 0.25) is 5.91 Å². The lowest BCUT2D eigenvalue weighted by atomic mass is 10.0. The number of amides is 1. The summed E-state index contributed by atoms with van der Waals surface area (Å²) in [4.78, 5) is 16.5. The van der Waals surface area contributed by atoms with Crippen molar-refractivity contribution in [2.75, 3.05) is 27.2 Å². The zero-order chi connectivity index (χ0) is 13.0. The minimum atomic E-state index is 0.214. The SMILES string of the molecule is CN(C)CC1CCCCN1C(=O)Cc1ccn[nH]1. The Hall–Kier alpha value is -1.36. The average molecular weight is 250 g/mol. The Morgan fingerprint density at radius 1 is 1.56 bits per heavy atom. The number of hydrogen-bond donors (Lipinski definition) is 1. The van der Waals surface area contributed by atoms with Gasteiger partial charge in [0.05, 0.1) is 6.42 Å². The highest BCUT2D eigenvalue weighted by atomic mass is 16.2. The summed E-state index contributed by atoms with van der Waals surface area (Å²) in [6, 6.07) is 2.23. The second-order valence-electron chi connectivity index (χ2n) is 5.26. The zero-order valence-corrected chi connectivity index (χ0v) is 11.2. The molecule has 0 saturated carbocycles. The predicted molar refractivity (Wildman–Crippen MR) is 70.2 cm³/mol. The van der Waals surface area contributed by atoms with Gasteiger partial charge in [0.1, 0.15) is 0 Å². The lowest BCUT2D eigenvalue weighted by Gasteiger charge is -2.37. The van der Waals surface area contributed by atoms with E-state index < -0.39 is 0 Å². The third-order valence-corrected chi connectivity index (χ3v) is 3.42. The van der Waals surface area contributed by atoms with Gasteiger partial charge in [0.25, 0.3) is 0 Å². The summed E-state index contributed by atoms with van der Waals surface area (Å²) in [5.74, 6) is 0.214. The van der Waals surface area contributed by atoms with Crippen molar-refractivity contribution in [3.8, 4) is 0 Å². The van der Waals surface area contributed by atoms with Crippen molar-refractivity contribution in [2.24, 2.45) is 0 Å². The van der Waals surface area contributed by atoms with E-state index in [4.69, 9.17) is 0 Å². The Kier molecular flexibility index (Phi) is 4.36. The van der Waals surface area contributed by atoms with Crippen molar-refractivity contribution in [1.29, 1.82) is 0 Å². The first kappa shape index (κ1) is 13.1. The minimum absolute atomic E-state index is 0.214. The maximum atomic E-state index is 12.3. The lowest BCUT2D eigenvalue weighted by Crippen LogP contribution is -2.48. The number of nitrogens with zero attached hydrogens (tertiary/aromatic N) is 3. The third kappa shape index (κ3) is 3.32. The Balaban J connectivity index is 1.97. The van der Waals surface area contributed by atoms with Crippen LogP contribution in [0.2, 0.25) is 0 Å². The molecule has 1 unspecified atom stereocenters. The van der Waals surface area contributed by atoms with E-state index in [-0.39, 0.29) is 5.91 Å². The summed E-state index contributed by atoms with van der Waals surface area (Å²) in [5, 5.41) is 6.74. The molecule has 100 valence electrons. The van der Waals surface area contributed by atoms with Crippen LogP contribution in [0.5, 0.6) is 0 Å². The molecule has 18 heavy (non-hydrogen) atoms. The van der Waals surface area contributed by atoms with Crippen LogP contribution in [0.4, 0.5) is 0 Å². The van der Waals surface area contributed by atoms with Gasteiger partial charge in [-0.3, -0.25) is 9.89 Å². The Morgan fingerprint density at radius 2 is 2.39 bits per heavy atom. The second-order valence-corrected chi connectivity index (χ2v) is 5.26. The van der Waals surface area contributed by atoms with Crippen molar-refractivity contribution < 1.29 is 4.79 Å². The number of nitrogens with one attached hydrogen (secondary N) is 1. The number of hydrogen-bond acceptors (Lipinski definition) is 3. The first-order valence-corrected chi connectivity index (χ1v) is 6.59. The van der Waals surface area contributed by atoms with Gasteiger partial charge in [-0.05, 0) is 39.4 Å². The molecule has 1 fully saturated rings. The van der Waals surface area contributed by atoms with Crippen LogP contribution in [-0.4, -0.2) is 59.1 Å². The maximum absolute atomic E-state index is 12.3. The Labute approximate surface area is 108 Å². The summed E-state index contributed by atoms with van der Waals surface area (Å²) in [7, 11) is 4.12. The summed E-state index contributed by atoms with van der Waals surface area (Å²) in [5.41, 5.74) is 0.897. The smallest absolute Gasteiger partial charge is 0.228 e. The number of aromatic nitrogens is 2. The van der Waals surface area contributed by atoms with Crippen molar-refractivity contribution in [2.45, 2.75) is 31.7 Å². The standard InChI is InChI=1S/C13H22N4O/c1-16(2)10-12-5-3-4-8-17(12)13(18)9-11-6-7-14-15-11/h6-7,12H,3-5,8-10H2,1-2H3,(H,14,15). The topological polar surface area (TPSA) is 52.2 Å². The van der Waals surface area contributed by atoms with Crippen LogP contribution < -0.4 is 0 Å². The molecule has 0 bridgehead atoms. The Morgan fingerprint density at radius 3 is 3.06 bits per heavy atom. The van der Waals surface area contributed by atoms with Crippen LogP contribution in [0.1, 0.15) is 25.0 Å². The Bertz CT molecular complexity index is 374. The van der Waals surface area contributed by atoms with Crippen molar-refractivity contribution in [3.05, 3.63) is 18.0 Å². The molecule has 1 aliphatic heterocycles. The number of likely N-dealkylation sites (tertiary alicyclic amines) is 1. The molecule has 5 nitrogen and oxygen atoms in total. The molecular formula is C13H22N4O. The summed E-state index contributed by atoms with van der Waals surface area (Å²) in [6.45, 7) is 1.85. The molecule has 2 heterocycles. The van der Waals surface area contributed by atoms with Crippen LogP contribution in [0.15, 0.2) is 12.3 Å². The van der Waals surface area contributed by atoms with Crippen LogP contribution in [0.3, 0.4) is 0 Å². The molecular weight excluding hydrogens is 228 g/mol. The van der Waals surface area contributed by atoms with Gasteiger partial charge in [0.15, 0.2) is 0 Å². The molecule has 0 radical (unpaired) electrons. The van der Waals surface area contributed by atoms with E-state index >= 15 is 0 Å². The first-order chi connectivity index (χ1) is 8.66. The van der Waals surface area contributed by atoms with Gasteiger partial charge in [-0.2, -0.15) is 5.10 Å². The maximum Gasteiger partial charge on any atom is 0.228 e. The van der Waals surface area contributed by atoms with Crippen molar-refractivity contribution in [3.63, 3.8) is 0 Å². The summed E-state index contributed by atoms with van der Waals surface area (Å²) in [6.07, 6.45) is 5.60. The van der Waals surface area contributed by atoms with E-state index in [9.17, 15) is 4.79 Å². The van der Waals surface area contributed by atoms with Crippen molar-refractivity contribution in [1.82, 2.24) is 20.0 Å². The van der Waals surface area contributed by atoms with Crippen LogP contribution in [-0.2, 0) is 11.2 Å². The van der Waals surface area contributed by atoms with Gasteiger partial charge in [0, 0.05) is 31.0 Å². The van der Waals surface area contributed by atoms with Gasteiger partial charge in [-0.1, -0.05) is 0 Å². The number of aromatic amines is 1. The first-order valence-electron chi connectivity index (χ1n) is 6.59. The van der Waals surface area contributed by atoms with E-state index in [1.807, 2.05) is 11.0 Å². The lowest BCUT2D eigenvalue weighted by molar-refractivity contribution is -0.134. The monoisotopic (exact) mass is 250 g/mol. The fourth-order valence-electron chi connectivity index (χ4n) is 2.59. The fraction of sp³-hybridized carbons (Fsp3) is 0.692. The largest absolute Gasteiger partial charge is 0.338 e. The van der Waals surface area contributed by atoms with Crippen molar-refractivity contribution >= 4 is 5.91 Å². The normalized spacial score (nSPS) is 20.4. The van der Waals surface area contributed by atoms with Crippen LogP contribution in [0, 0.1) is 0 Å². The molecule has 1 atom stereocenters. The number of likely N-dealkylation sites (N-methyl/N-ethyl adjacent to an activating group) is 1. The van der Waals surface area contributed by atoms with E-state index in [1.165, 1.54) is 6.42 Å². The number of H-pyrrole nitrogens is 1. The van der Waals surface area contributed by atoms with Gasteiger partial charge in [-0.15, -0.1) is 0 Å². The second kappa shape index (κ2) is 6.00. The van der Waals surface area contributed by atoms with E-state index in [1.54, 1.807) is 6.20 Å². The number of carbonyl (C=O) groups is 1. The molecule has 1 saturated heterocycles. The van der Waals surface area contributed by atoms with Gasteiger partial charge in [-0.25, -0.2) is 0 Å². The highest BCUT2D eigenvalue weighted by Gasteiger charge is 2.26. The van der Waals surface area contributed by atoms with E-state index in [0.717, 1.165) is 31.6 Å². The summed E-state index contributed by atoms with van der Waals surface area (Å²) >= 11 is 0. The molecule has 5 heteroatoms. The van der Waals surface area contributed by atoms with Gasteiger partial charge < -0.3 is 9.80 Å². The fourth-order valence-corrected chi connectivity index (χ4v) is 2.59. The molecule has 1 amide bonds. The quantitative estimate of drug-likeness (QED) is 0.863. The molecule has 1 N–H and O–H groups in total.